The van der Waals surface area contributed by atoms with E-state index in [2.05, 4.69) is 20.0 Å². The highest BCUT2D eigenvalue weighted by Crippen LogP contribution is 2.16. The minimum atomic E-state index is -3.61. The molecule has 0 radical (unpaired) electrons. The monoisotopic (exact) mass is 348 g/mol. The van der Waals surface area contributed by atoms with Gasteiger partial charge in [-0.05, 0) is 38.0 Å². The van der Waals surface area contributed by atoms with Gasteiger partial charge in [-0.2, -0.15) is 0 Å². The summed E-state index contributed by atoms with van der Waals surface area (Å²) in [4.78, 5) is 20.0. The van der Waals surface area contributed by atoms with Crippen LogP contribution in [-0.4, -0.2) is 37.4 Å². The molecule has 0 fully saturated rings. The number of nitrogens with zero attached hydrogens (tertiary/aromatic N) is 2. The van der Waals surface area contributed by atoms with Gasteiger partial charge in [-0.15, -0.1) is 0 Å². The molecule has 0 bridgehead atoms. The molecule has 2 aromatic rings. The van der Waals surface area contributed by atoms with E-state index in [9.17, 15) is 13.2 Å². The second kappa shape index (κ2) is 7.50. The minimum Gasteiger partial charge on any atom is -0.351 e. The lowest BCUT2D eigenvalue weighted by Gasteiger charge is -2.11. The lowest BCUT2D eigenvalue weighted by molar-refractivity contribution is 0.0953. The van der Waals surface area contributed by atoms with Crippen LogP contribution in [0.2, 0.25) is 0 Å². The number of aromatic nitrogens is 2. The van der Waals surface area contributed by atoms with Crippen LogP contribution in [-0.2, 0) is 10.0 Å². The standard InChI is InChI=1S/C16H20N4O3S/c1-11-4-5-12(2)15(8-11)24(22,23)20-7-6-18-16(21)14-9-17-10-19-13(14)3/h4-5,8-10,20H,6-7H2,1-3H3,(H,18,21). The van der Waals surface area contributed by atoms with E-state index in [1.54, 1.807) is 26.0 Å². The zero-order valence-electron chi connectivity index (χ0n) is 13.8. The summed E-state index contributed by atoms with van der Waals surface area (Å²) in [6.07, 6.45) is 2.79. The van der Waals surface area contributed by atoms with E-state index in [-0.39, 0.29) is 23.9 Å². The zero-order chi connectivity index (χ0) is 17.7. The number of carbonyl (C=O) groups is 1. The maximum atomic E-state index is 12.3. The topological polar surface area (TPSA) is 101 Å². The Morgan fingerprint density at radius 2 is 1.92 bits per heavy atom. The maximum absolute atomic E-state index is 12.3. The average molecular weight is 348 g/mol. The third-order valence-electron chi connectivity index (χ3n) is 3.49. The van der Waals surface area contributed by atoms with Crippen molar-refractivity contribution in [3.05, 3.63) is 53.1 Å². The number of aryl methyl sites for hydroxylation is 3. The van der Waals surface area contributed by atoms with Crippen LogP contribution < -0.4 is 10.0 Å². The molecule has 0 saturated carbocycles. The highest BCUT2D eigenvalue weighted by atomic mass is 32.2. The van der Waals surface area contributed by atoms with Crippen molar-refractivity contribution >= 4 is 15.9 Å². The SMILES string of the molecule is Cc1ccc(C)c(S(=O)(=O)NCCNC(=O)c2cncnc2C)c1. The van der Waals surface area contributed by atoms with Gasteiger partial charge in [0.15, 0.2) is 0 Å². The van der Waals surface area contributed by atoms with Crippen molar-refractivity contribution < 1.29 is 13.2 Å². The molecule has 0 unspecified atom stereocenters. The molecule has 8 heteroatoms. The van der Waals surface area contributed by atoms with Crippen LogP contribution in [0.5, 0.6) is 0 Å². The van der Waals surface area contributed by atoms with Crippen molar-refractivity contribution in [2.24, 2.45) is 0 Å². The van der Waals surface area contributed by atoms with E-state index < -0.39 is 10.0 Å². The number of hydrogen-bond acceptors (Lipinski definition) is 5. The molecular weight excluding hydrogens is 328 g/mol. The molecule has 1 aromatic carbocycles. The Kier molecular flexibility index (Phi) is 5.63. The van der Waals surface area contributed by atoms with Crippen LogP contribution >= 0.6 is 0 Å². The first kappa shape index (κ1) is 18.0. The van der Waals surface area contributed by atoms with Gasteiger partial charge in [-0.1, -0.05) is 12.1 Å². The van der Waals surface area contributed by atoms with E-state index >= 15 is 0 Å². The molecule has 7 nitrogen and oxygen atoms in total. The van der Waals surface area contributed by atoms with Gasteiger partial charge in [0.05, 0.1) is 16.2 Å². The number of benzene rings is 1. The predicted molar refractivity (Wildman–Crippen MR) is 90.2 cm³/mol. The minimum absolute atomic E-state index is 0.0915. The third-order valence-corrected chi connectivity index (χ3v) is 5.09. The van der Waals surface area contributed by atoms with Crippen molar-refractivity contribution in [2.45, 2.75) is 25.7 Å². The zero-order valence-corrected chi connectivity index (χ0v) is 14.6. The fraction of sp³-hybridized carbons (Fsp3) is 0.312. The summed E-state index contributed by atoms with van der Waals surface area (Å²) in [5.41, 5.74) is 2.48. The summed E-state index contributed by atoms with van der Waals surface area (Å²) >= 11 is 0. The van der Waals surface area contributed by atoms with E-state index in [4.69, 9.17) is 0 Å². The second-order valence-corrected chi connectivity index (χ2v) is 7.18. The highest BCUT2D eigenvalue weighted by Gasteiger charge is 2.16. The second-order valence-electron chi connectivity index (χ2n) is 5.44. The molecule has 1 amide bonds. The molecule has 24 heavy (non-hydrogen) atoms. The van der Waals surface area contributed by atoms with Crippen molar-refractivity contribution in [1.82, 2.24) is 20.0 Å². The fourth-order valence-electron chi connectivity index (χ4n) is 2.14. The van der Waals surface area contributed by atoms with Gasteiger partial charge in [0.2, 0.25) is 10.0 Å². The van der Waals surface area contributed by atoms with Crippen LogP contribution in [0.3, 0.4) is 0 Å². The number of carbonyl (C=O) groups excluding carboxylic acids is 1. The molecule has 128 valence electrons. The first-order valence-corrected chi connectivity index (χ1v) is 8.91. The van der Waals surface area contributed by atoms with E-state index in [1.807, 2.05) is 13.0 Å². The van der Waals surface area contributed by atoms with Gasteiger partial charge in [0, 0.05) is 19.3 Å². The van der Waals surface area contributed by atoms with Crippen LogP contribution in [0, 0.1) is 20.8 Å². The molecule has 0 aliphatic heterocycles. The first-order chi connectivity index (χ1) is 11.3. The molecule has 0 atom stereocenters. The van der Waals surface area contributed by atoms with Crippen LogP contribution in [0.4, 0.5) is 0 Å². The van der Waals surface area contributed by atoms with Crippen LogP contribution in [0.15, 0.2) is 35.6 Å². The Hall–Kier alpha value is -2.32. The van der Waals surface area contributed by atoms with Gasteiger partial charge >= 0.3 is 0 Å². The molecule has 1 aromatic heterocycles. The lowest BCUT2D eigenvalue weighted by atomic mass is 10.2. The summed E-state index contributed by atoms with van der Waals surface area (Å²) in [6.45, 7) is 5.54. The average Bonchev–Trinajstić information content (AvgIpc) is 2.54. The van der Waals surface area contributed by atoms with Crippen LogP contribution in [0.1, 0.15) is 27.2 Å². The Balaban J connectivity index is 1.93. The van der Waals surface area contributed by atoms with E-state index in [1.165, 1.54) is 12.5 Å². The molecule has 2 rings (SSSR count). The van der Waals surface area contributed by atoms with E-state index in [0.29, 0.717) is 16.8 Å². The number of sulfonamides is 1. The molecule has 0 aliphatic carbocycles. The quantitative estimate of drug-likeness (QED) is 0.762. The highest BCUT2D eigenvalue weighted by molar-refractivity contribution is 7.89. The van der Waals surface area contributed by atoms with E-state index in [0.717, 1.165) is 5.56 Å². The normalized spacial score (nSPS) is 11.3. The van der Waals surface area contributed by atoms with Gasteiger partial charge in [-0.3, -0.25) is 4.79 Å². The first-order valence-electron chi connectivity index (χ1n) is 7.43. The molecule has 1 heterocycles. The van der Waals surface area contributed by atoms with Crippen molar-refractivity contribution in [3.63, 3.8) is 0 Å². The summed E-state index contributed by atoms with van der Waals surface area (Å²) in [6, 6.07) is 5.25. The van der Waals surface area contributed by atoms with Gasteiger partial charge < -0.3 is 5.32 Å². The number of rotatable bonds is 6. The summed E-state index contributed by atoms with van der Waals surface area (Å²) in [5, 5.41) is 2.64. The summed E-state index contributed by atoms with van der Waals surface area (Å²) in [5.74, 6) is -0.334. The van der Waals surface area contributed by atoms with Crippen molar-refractivity contribution in [1.29, 1.82) is 0 Å². The molecular formula is C16H20N4O3S. The predicted octanol–water partition coefficient (Wildman–Crippen LogP) is 1.11. The van der Waals surface area contributed by atoms with Gasteiger partial charge in [0.25, 0.3) is 5.91 Å². The maximum Gasteiger partial charge on any atom is 0.254 e. The Bertz CT molecular complexity index is 850. The third kappa shape index (κ3) is 4.36. The number of hydrogen-bond donors (Lipinski definition) is 2. The molecule has 2 N–H and O–H groups in total. The van der Waals surface area contributed by atoms with Gasteiger partial charge in [0.1, 0.15) is 6.33 Å². The van der Waals surface area contributed by atoms with Crippen molar-refractivity contribution in [3.8, 4) is 0 Å². The Morgan fingerprint density at radius 3 is 2.62 bits per heavy atom. The largest absolute Gasteiger partial charge is 0.351 e. The molecule has 0 spiro atoms. The Labute approximate surface area is 141 Å². The number of nitrogens with one attached hydrogen (secondary N) is 2. The molecule has 0 aliphatic rings. The summed E-state index contributed by atoms with van der Waals surface area (Å²) in [7, 11) is -3.61. The lowest BCUT2D eigenvalue weighted by Crippen LogP contribution is -2.35. The van der Waals surface area contributed by atoms with Crippen molar-refractivity contribution in [2.75, 3.05) is 13.1 Å². The smallest absolute Gasteiger partial charge is 0.254 e. The number of amides is 1. The Morgan fingerprint density at radius 1 is 1.17 bits per heavy atom. The van der Waals surface area contributed by atoms with Crippen LogP contribution in [0.25, 0.3) is 0 Å². The molecule has 0 saturated heterocycles. The fourth-order valence-corrected chi connectivity index (χ4v) is 3.50. The van der Waals surface area contributed by atoms with Gasteiger partial charge in [-0.25, -0.2) is 23.1 Å². The summed E-state index contributed by atoms with van der Waals surface area (Å²) < 4.78 is 27.2.